The normalized spacial score (nSPS) is 18.5. The second kappa shape index (κ2) is 6.92. The average Bonchev–Trinajstić information content (AvgIpc) is 2.92. The summed E-state index contributed by atoms with van der Waals surface area (Å²) in [6.45, 7) is 4.87. The summed E-state index contributed by atoms with van der Waals surface area (Å²) < 4.78 is 0. The summed E-state index contributed by atoms with van der Waals surface area (Å²) in [5.74, 6) is 0.712. The van der Waals surface area contributed by atoms with Crippen molar-refractivity contribution in [1.82, 2.24) is 10.2 Å². The van der Waals surface area contributed by atoms with Crippen LogP contribution in [-0.4, -0.2) is 29.9 Å². The molecule has 1 aromatic rings. The van der Waals surface area contributed by atoms with Gasteiger partial charge in [-0.2, -0.15) is 0 Å². The summed E-state index contributed by atoms with van der Waals surface area (Å²) >= 11 is 5.91. The van der Waals surface area contributed by atoms with Crippen molar-refractivity contribution in [1.29, 1.82) is 5.41 Å². The van der Waals surface area contributed by atoms with Gasteiger partial charge in [0.2, 0.25) is 0 Å². The minimum Gasteiger partial charge on any atom is -0.355 e. The Bertz CT molecular complexity index is 410. The Labute approximate surface area is 120 Å². The first-order chi connectivity index (χ1) is 9.19. The lowest BCUT2D eigenvalue weighted by atomic mass is 10.1. The Morgan fingerprint density at radius 1 is 1.42 bits per heavy atom. The van der Waals surface area contributed by atoms with Crippen LogP contribution in [0.25, 0.3) is 0 Å². The maximum atomic E-state index is 8.12. The predicted molar refractivity (Wildman–Crippen MR) is 80.9 cm³/mol. The van der Waals surface area contributed by atoms with Gasteiger partial charge in [-0.25, -0.2) is 0 Å². The number of rotatable bonds is 5. The van der Waals surface area contributed by atoms with Gasteiger partial charge in [-0.3, -0.25) is 5.41 Å². The van der Waals surface area contributed by atoms with Crippen LogP contribution in [0.2, 0.25) is 5.02 Å². The first-order valence-electron chi connectivity index (χ1n) is 6.99. The van der Waals surface area contributed by atoms with E-state index in [2.05, 4.69) is 10.2 Å². The Kier molecular flexibility index (Phi) is 5.23. The number of hydrogen-bond acceptors (Lipinski definition) is 2. The molecule has 1 aliphatic rings. The van der Waals surface area contributed by atoms with Gasteiger partial charge in [0.15, 0.2) is 0 Å². The highest BCUT2D eigenvalue weighted by Gasteiger charge is 2.19. The molecule has 1 atom stereocenters. The molecule has 1 aromatic carbocycles. The van der Waals surface area contributed by atoms with Gasteiger partial charge in [-0.1, -0.05) is 30.7 Å². The van der Waals surface area contributed by atoms with E-state index in [0.29, 0.717) is 11.9 Å². The lowest BCUT2D eigenvalue weighted by molar-refractivity contribution is 0.355. The Morgan fingerprint density at radius 3 is 2.74 bits per heavy atom. The Morgan fingerprint density at radius 2 is 2.16 bits per heavy atom. The van der Waals surface area contributed by atoms with Gasteiger partial charge < -0.3 is 10.2 Å². The van der Waals surface area contributed by atoms with Crippen molar-refractivity contribution in [3.63, 3.8) is 0 Å². The molecule has 0 aromatic heterocycles. The van der Waals surface area contributed by atoms with Crippen LogP contribution in [0.15, 0.2) is 24.3 Å². The summed E-state index contributed by atoms with van der Waals surface area (Å²) in [6, 6.07) is 8.44. The van der Waals surface area contributed by atoms with Crippen LogP contribution in [0, 0.1) is 5.41 Å². The molecular formula is C15H22ClN3. The second-order valence-electron chi connectivity index (χ2n) is 5.10. The summed E-state index contributed by atoms with van der Waals surface area (Å²) in [5, 5.41) is 12.4. The fraction of sp³-hybridized carbons (Fsp3) is 0.533. The number of nitrogens with one attached hydrogen (secondary N) is 2. The fourth-order valence-corrected chi connectivity index (χ4v) is 2.61. The van der Waals surface area contributed by atoms with E-state index in [1.165, 1.54) is 18.4 Å². The Hall–Kier alpha value is -1.06. The van der Waals surface area contributed by atoms with Crippen LogP contribution in [0.1, 0.15) is 31.7 Å². The van der Waals surface area contributed by atoms with Crippen molar-refractivity contribution in [3.8, 4) is 0 Å². The predicted octanol–water partition coefficient (Wildman–Crippen LogP) is 3.28. The van der Waals surface area contributed by atoms with Crippen molar-refractivity contribution in [2.45, 2.75) is 38.8 Å². The number of amidine groups is 1. The minimum atomic E-state index is 0.527. The van der Waals surface area contributed by atoms with Gasteiger partial charge in [0, 0.05) is 30.6 Å². The third-order valence-electron chi connectivity index (χ3n) is 3.61. The maximum Gasteiger partial charge on any atom is 0.0958 e. The van der Waals surface area contributed by atoms with Crippen LogP contribution >= 0.6 is 11.6 Å². The first kappa shape index (κ1) is 14.4. The van der Waals surface area contributed by atoms with Crippen LogP contribution < -0.4 is 5.32 Å². The molecule has 0 aliphatic carbocycles. The van der Waals surface area contributed by atoms with Crippen LogP contribution in [0.4, 0.5) is 0 Å². The number of halogens is 1. The second-order valence-corrected chi connectivity index (χ2v) is 5.54. The van der Waals surface area contributed by atoms with E-state index in [-0.39, 0.29) is 0 Å². The quantitative estimate of drug-likeness (QED) is 0.641. The van der Waals surface area contributed by atoms with Crippen molar-refractivity contribution >= 4 is 17.4 Å². The van der Waals surface area contributed by atoms with Crippen molar-refractivity contribution in [2.24, 2.45) is 0 Å². The summed E-state index contributed by atoms with van der Waals surface area (Å²) in [7, 11) is 0. The monoisotopic (exact) mass is 279 g/mol. The molecule has 1 aliphatic heterocycles. The fourth-order valence-electron chi connectivity index (χ4n) is 2.48. The molecule has 0 amide bonds. The van der Waals surface area contributed by atoms with Crippen LogP contribution in [0.3, 0.4) is 0 Å². The number of benzene rings is 1. The van der Waals surface area contributed by atoms with E-state index < -0.39 is 0 Å². The molecule has 104 valence electrons. The maximum absolute atomic E-state index is 8.12. The molecule has 0 saturated carbocycles. The molecule has 4 heteroatoms. The van der Waals surface area contributed by atoms with E-state index in [0.717, 1.165) is 31.1 Å². The van der Waals surface area contributed by atoms with E-state index in [9.17, 15) is 0 Å². The molecule has 1 unspecified atom stereocenters. The molecule has 3 nitrogen and oxygen atoms in total. The number of nitrogens with zero attached hydrogens (tertiary/aromatic N) is 1. The molecule has 1 fully saturated rings. The van der Waals surface area contributed by atoms with Gasteiger partial charge in [-0.05, 0) is 37.1 Å². The van der Waals surface area contributed by atoms with E-state index in [1.54, 1.807) is 0 Å². The lowest BCUT2D eigenvalue weighted by Gasteiger charge is -2.28. The zero-order valence-electron chi connectivity index (χ0n) is 11.5. The van der Waals surface area contributed by atoms with Crippen molar-refractivity contribution in [3.05, 3.63) is 34.9 Å². The Balaban J connectivity index is 2.00. The average molecular weight is 280 g/mol. The molecule has 0 spiro atoms. The molecule has 2 N–H and O–H groups in total. The zero-order valence-corrected chi connectivity index (χ0v) is 12.2. The summed E-state index contributed by atoms with van der Waals surface area (Å²) in [5.41, 5.74) is 1.21. The molecule has 0 radical (unpaired) electrons. The summed E-state index contributed by atoms with van der Waals surface area (Å²) in [6.07, 6.45) is 3.24. The van der Waals surface area contributed by atoms with Gasteiger partial charge in [0.05, 0.1) is 5.84 Å². The SMILES string of the molecule is CCC(=N)N(Cc1ccc(Cl)cc1)CC1CCCN1. The highest BCUT2D eigenvalue weighted by atomic mass is 35.5. The highest BCUT2D eigenvalue weighted by Crippen LogP contribution is 2.14. The zero-order chi connectivity index (χ0) is 13.7. The molecule has 1 saturated heterocycles. The van der Waals surface area contributed by atoms with E-state index in [1.807, 2.05) is 31.2 Å². The van der Waals surface area contributed by atoms with Gasteiger partial charge in [-0.15, -0.1) is 0 Å². The molecule has 1 heterocycles. The first-order valence-corrected chi connectivity index (χ1v) is 7.37. The molecule has 19 heavy (non-hydrogen) atoms. The van der Waals surface area contributed by atoms with Crippen molar-refractivity contribution < 1.29 is 0 Å². The smallest absolute Gasteiger partial charge is 0.0958 e. The largest absolute Gasteiger partial charge is 0.355 e. The van der Waals surface area contributed by atoms with E-state index >= 15 is 0 Å². The minimum absolute atomic E-state index is 0.527. The van der Waals surface area contributed by atoms with Crippen LogP contribution in [0.5, 0.6) is 0 Å². The molecule has 0 bridgehead atoms. The van der Waals surface area contributed by atoms with Crippen LogP contribution in [-0.2, 0) is 6.54 Å². The highest BCUT2D eigenvalue weighted by molar-refractivity contribution is 6.30. The van der Waals surface area contributed by atoms with E-state index in [4.69, 9.17) is 17.0 Å². The standard InChI is InChI=1S/C15H22ClN3/c1-2-15(17)19(11-14-4-3-9-18-14)10-12-5-7-13(16)8-6-12/h5-8,14,17-18H,2-4,9-11H2,1H3. The lowest BCUT2D eigenvalue weighted by Crippen LogP contribution is -2.40. The topological polar surface area (TPSA) is 39.1 Å². The van der Waals surface area contributed by atoms with Gasteiger partial charge in [0.1, 0.15) is 0 Å². The van der Waals surface area contributed by atoms with Gasteiger partial charge >= 0.3 is 0 Å². The number of hydrogen-bond donors (Lipinski definition) is 2. The summed E-state index contributed by atoms with van der Waals surface area (Å²) in [4.78, 5) is 2.17. The molecule has 2 rings (SSSR count). The third kappa shape index (κ3) is 4.22. The molecular weight excluding hydrogens is 258 g/mol. The third-order valence-corrected chi connectivity index (χ3v) is 3.86. The van der Waals surface area contributed by atoms with Crippen molar-refractivity contribution in [2.75, 3.05) is 13.1 Å². The van der Waals surface area contributed by atoms with Gasteiger partial charge in [0.25, 0.3) is 0 Å².